The van der Waals surface area contributed by atoms with E-state index in [4.69, 9.17) is 9.47 Å². The summed E-state index contributed by atoms with van der Waals surface area (Å²) in [4.78, 5) is 13.6. The van der Waals surface area contributed by atoms with Crippen molar-refractivity contribution in [2.24, 2.45) is 11.8 Å². The number of amides is 1. The monoisotopic (exact) mass is 243 g/mol. The average Bonchev–Trinajstić information content (AvgIpc) is 2.72. The molecule has 17 heavy (non-hydrogen) atoms. The Hall–Kier alpha value is -0.810. The molecule has 0 saturated carbocycles. The first-order chi connectivity index (χ1) is 7.90. The first kappa shape index (κ1) is 12.6. The summed E-state index contributed by atoms with van der Waals surface area (Å²) >= 11 is 0. The number of ether oxygens (including phenoxy) is 2. The average molecular weight is 243 g/mol. The first-order valence-corrected chi connectivity index (χ1v) is 6.11. The van der Waals surface area contributed by atoms with Gasteiger partial charge in [-0.3, -0.25) is 0 Å². The molecule has 5 nitrogen and oxygen atoms in total. The van der Waals surface area contributed by atoms with E-state index in [0.29, 0.717) is 19.7 Å². The Morgan fingerprint density at radius 3 is 2.76 bits per heavy atom. The number of aliphatic hydroxyl groups is 1. The summed E-state index contributed by atoms with van der Waals surface area (Å²) in [5.41, 5.74) is -0.466. The molecule has 5 heteroatoms. The highest BCUT2D eigenvalue weighted by Crippen LogP contribution is 2.33. The molecule has 0 aliphatic carbocycles. The number of hydrogen-bond donors (Lipinski definition) is 1. The molecule has 1 amide bonds. The minimum Gasteiger partial charge on any atom is -0.444 e. The number of nitrogens with zero attached hydrogens (tertiary/aromatic N) is 1. The third-order valence-corrected chi connectivity index (χ3v) is 3.33. The van der Waals surface area contributed by atoms with Crippen LogP contribution in [0.5, 0.6) is 0 Å². The van der Waals surface area contributed by atoms with Crippen LogP contribution in [0.1, 0.15) is 20.8 Å². The fraction of sp³-hybridized carbons (Fsp3) is 0.917. The second-order valence-corrected chi connectivity index (χ2v) is 5.86. The van der Waals surface area contributed by atoms with E-state index < -0.39 is 5.60 Å². The topological polar surface area (TPSA) is 59.0 Å². The van der Waals surface area contributed by atoms with E-state index in [1.165, 1.54) is 0 Å². The Bertz CT molecular complexity index is 299. The second-order valence-electron chi connectivity index (χ2n) is 5.86. The molecule has 2 heterocycles. The molecule has 98 valence electrons. The maximum Gasteiger partial charge on any atom is 0.410 e. The van der Waals surface area contributed by atoms with Crippen LogP contribution in [0.15, 0.2) is 0 Å². The van der Waals surface area contributed by atoms with Crippen LogP contribution >= 0.6 is 0 Å². The summed E-state index contributed by atoms with van der Waals surface area (Å²) in [6.45, 7) is 7.51. The van der Waals surface area contributed by atoms with Gasteiger partial charge >= 0.3 is 6.09 Å². The molecule has 2 aliphatic rings. The van der Waals surface area contributed by atoms with Crippen LogP contribution in [0.3, 0.4) is 0 Å². The van der Waals surface area contributed by atoms with Gasteiger partial charge in [0, 0.05) is 25.0 Å². The van der Waals surface area contributed by atoms with Crippen molar-refractivity contribution in [2.75, 3.05) is 26.3 Å². The molecule has 0 aromatic rings. The highest BCUT2D eigenvalue weighted by atomic mass is 16.6. The van der Waals surface area contributed by atoms with Gasteiger partial charge in [0.25, 0.3) is 0 Å². The van der Waals surface area contributed by atoms with Crippen molar-refractivity contribution in [3.63, 3.8) is 0 Å². The highest BCUT2D eigenvalue weighted by molar-refractivity contribution is 5.68. The van der Waals surface area contributed by atoms with Crippen molar-refractivity contribution in [3.8, 4) is 0 Å². The number of aliphatic hydroxyl groups excluding tert-OH is 1. The molecule has 0 aromatic heterocycles. The molecular formula is C12H21NO4. The number of carbonyl (C=O) groups is 1. The van der Waals surface area contributed by atoms with Gasteiger partial charge in [-0.25, -0.2) is 4.79 Å². The predicted molar refractivity (Wildman–Crippen MR) is 61.6 cm³/mol. The van der Waals surface area contributed by atoms with Gasteiger partial charge in [-0.2, -0.15) is 0 Å². The van der Waals surface area contributed by atoms with Crippen LogP contribution in [0.25, 0.3) is 0 Å². The molecule has 3 atom stereocenters. The number of likely N-dealkylation sites (tertiary alicyclic amines) is 1. The SMILES string of the molecule is CC(C)(C)OC(=O)N1C[C@H]2[C@H](CO)CO[C@@H]2C1. The summed E-state index contributed by atoms with van der Waals surface area (Å²) in [7, 11) is 0. The number of fused-ring (bicyclic) bond motifs is 1. The van der Waals surface area contributed by atoms with Gasteiger partial charge in [0.2, 0.25) is 0 Å². The van der Waals surface area contributed by atoms with Gasteiger partial charge in [-0.15, -0.1) is 0 Å². The van der Waals surface area contributed by atoms with Crippen LogP contribution in [0.4, 0.5) is 4.79 Å². The van der Waals surface area contributed by atoms with Gasteiger partial charge in [0.05, 0.1) is 19.3 Å². The van der Waals surface area contributed by atoms with Gasteiger partial charge in [0.15, 0.2) is 0 Å². The number of rotatable bonds is 1. The molecule has 2 fully saturated rings. The summed E-state index contributed by atoms with van der Waals surface area (Å²) in [5.74, 6) is 0.417. The summed E-state index contributed by atoms with van der Waals surface area (Å²) in [6, 6.07) is 0. The van der Waals surface area contributed by atoms with Crippen molar-refractivity contribution < 1.29 is 19.4 Å². The van der Waals surface area contributed by atoms with Crippen LogP contribution < -0.4 is 0 Å². The molecule has 0 bridgehead atoms. The Morgan fingerprint density at radius 2 is 2.18 bits per heavy atom. The van der Waals surface area contributed by atoms with E-state index in [1.54, 1.807) is 4.90 Å². The molecular weight excluding hydrogens is 222 g/mol. The smallest absolute Gasteiger partial charge is 0.410 e. The number of hydrogen-bond acceptors (Lipinski definition) is 4. The van der Waals surface area contributed by atoms with Crippen LogP contribution in [0, 0.1) is 11.8 Å². The van der Waals surface area contributed by atoms with E-state index in [1.807, 2.05) is 20.8 Å². The molecule has 0 aromatic carbocycles. The summed E-state index contributed by atoms with van der Waals surface area (Å²) < 4.78 is 10.9. The van der Waals surface area contributed by atoms with E-state index in [9.17, 15) is 9.90 Å². The van der Waals surface area contributed by atoms with E-state index in [2.05, 4.69) is 0 Å². The van der Waals surface area contributed by atoms with Crippen molar-refractivity contribution in [3.05, 3.63) is 0 Å². The van der Waals surface area contributed by atoms with Crippen LogP contribution in [-0.4, -0.2) is 54.1 Å². The summed E-state index contributed by atoms with van der Waals surface area (Å²) in [5, 5.41) is 9.21. The lowest BCUT2D eigenvalue weighted by atomic mass is 9.94. The van der Waals surface area contributed by atoms with E-state index >= 15 is 0 Å². The minimum atomic E-state index is -0.466. The molecule has 0 unspecified atom stereocenters. The number of carbonyl (C=O) groups excluding carboxylic acids is 1. The Balaban J connectivity index is 1.92. The quantitative estimate of drug-likeness (QED) is 0.742. The fourth-order valence-electron chi connectivity index (χ4n) is 2.46. The molecule has 0 spiro atoms. The molecule has 2 rings (SSSR count). The van der Waals surface area contributed by atoms with Gasteiger partial charge in [-0.1, -0.05) is 0 Å². The van der Waals surface area contributed by atoms with E-state index in [0.717, 1.165) is 0 Å². The zero-order chi connectivity index (χ0) is 12.6. The molecule has 1 N–H and O–H groups in total. The standard InChI is InChI=1S/C12H21NO4/c1-12(2,3)17-11(15)13-4-9-8(6-14)7-16-10(9)5-13/h8-10,14H,4-7H2,1-3H3/t8-,9+,10-/m1/s1. The molecule has 2 saturated heterocycles. The molecule has 0 radical (unpaired) electrons. The maximum atomic E-state index is 11.9. The lowest BCUT2D eigenvalue weighted by molar-refractivity contribution is 0.0214. The first-order valence-electron chi connectivity index (χ1n) is 6.11. The van der Waals surface area contributed by atoms with Gasteiger partial charge < -0.3 is 19.5 Å². The molecule has 2 aliphatic heterocycles. The van der Waals surface area contributed by atoms with Crippen molar-refractivity contribution >= 4 is 6.09 Å². The summed E-state index contributed by atoms with van der Waals surface area (Å²) in [6.07, 6.45) is -0.216. The minimum absolute atomic E-state index is 0.0691. The van der Waals surface area contributed by atoms with E-state index in [-0.39, 0.29) is 30.6 Å². The third-order valence-electron chi connectivity index (χ3n) is 3.33. The second kappa shape index (κ2) is 4.46. The zero-order valence-electron chi connectivity index (χ0n) is 10.7. The predicted octanol–water partition coefficient (Wildman–Crippen LogP) is 0.861. The Labute approximate surface area is 102 Å². The van der Waals surface area contributed by atoms with Crippen molar-refractivity contribution in [1.29, 1.82) is 0 Å². The van der Waals surface area contributed by atoms with Crippen LogP contribution in [-0.2, 0) is 9.47 Å². The Morgan fingerprint density at radius 1 is 1.47 bits per heavy atom. The van der Waals surface area contributed by atoms with Crippen molar-refractivity contribution in [2.45, 2.75) is 32.5 Å². The lowest BCUT2D eigenvalue weighted by Gasteiger charge is -2.25. The van der Waals surface area contributed by atoms with Gasteiger partial charge in [0.1, 0.15) is 5.60 Å². The van der Waals surface area contributed by atoms with Crippen molar-refractivity contribution in [1.82, 2.24) is 4.90 Å². The van der Waals surface area contributed by atoms with Crippen LogP contribution in [0.2, 0.25) is 0 Å². The normalized spacial score (nSPS) is 32.7. The highest BCUT2D eigenvalue weighted by Gasteiger charge is 2.45. The largest absolute Gasteiger partial charge is 0.444 e. The maximum absolute atomic E-state index is 11.9. The lowest BCUT2D eigenvalue weighted by Crippen LogP contribution is -2.36. The third kappa shape index (κ3) is 2.72. The Kier molecular flexibility index (Phi) is 3.32. The zero-order valence-corrected chi connectivity index (χ0v) is 10.7. The van der Waals surface area contributed by atoms with Gasteiger partial charge in [-0.05, 0) is 20.8 Å². The fourth-order valence-corrected chi connectivity index (χ4v) is 2.46.